The third-order valence-corrected chi connectivity index (χ3v) is 2.31. The predicted molar refractivity (Wildman–Crippen MR) is 74.4 cm³/mol. The number of rotatable bonds is 5. The van der Waals surface area contributed by atoms with Crippen LogP contribution in [0.1, 0.15) is 0 Å². The second-order valence-electron chi connectivity index (χ2n) is 3.70. The molecular formula is C11H14ClN3OS. The predicted octanol–water partition coefficient (Wildman–Crippen LogP) is 1.50. The van der Waals surface area contributed by atoms with Crippen molar-refractivity contribution >= 4 is 40.4 Å². The van der Waals surface area contributed by atoms with Crippen molar-refractivity contribution in [2.75, 3.05) is 25.5 Å². The topological polar surface area (TPSA) is 58.4 Å². The molecule has 0 unspecified atom stereocenters. The third kappa shape index (κ3) is 5.63. The Hall–Kier alpha value is -1.17. The van der Waals surface area contributed by atoms with Gasteiger partial charge in [0.2, 0.25) is 5.91 Å². The summed E-state index contributed by atoms with van der Waals surface area (Å²) in [6.45, 7) is 0.641. The van der Waals surface area contributed by atoms with Gasteiger partial charge in [-0.2, -0.15) is 0 Å². The lowest BCUT2D eigenvalue weighted by Crippen LogP contribution is -2.35. The van der Waals surface area contributed by atoms with Gasteiger partial charge in [0.1, 0.15) is 0 Å². The van der Waals surface area contributed by atoms with Crippen LogP contribution in [0.4, 0.5) is 5.69 Å². The number of anilines is 1. The van der Waals surface area contributed by atoms with Gasteiger partial charge >= 0.3 is 0 Å². The molecule has 0 heterocycles. The Morgan fingerprint density at radius 2 is 2.24 bits per heavy atom. The van der Waals surface area contributed by atoms with Crippen LogP contribution < -0.4 is 11.1 Å². The van der Waals surface area contributed by atoms with Crippen molar-refractivity contribution in [3.63, 3.8) is 0 Å². The first-order chi connectivity index (χ1) is 7.97. The number of likely N-dealkylation sites (N-methyl/N-ethyl adjacent to an activating group) is 1. The fourth-order valence-electron chi connectivity index (χ4n) is 1.33. The zero-order chi connectivity index (χ0) is 12.8. The largest absolute Gasteiger partial charge is 0.392 e. The van der Waals surface area contributed by atoms with E-state index in [4.69, 9.17) is 29.6 Å². The Morgan fingerprint density at radius 1 is 1.53 bits per heavy atom. The quantitative estimate of drug-likeness (QED) is 0.797. The third-order valence-electron chi connectivity index (χ3n) is 1.95. The fraction of sp³-hybridized carbons (Fsp3) is 0.273. The van der Waals surface area contributed by atoms with E-state index in [1.807, 2.05) is 0 Å². The Morgan fingerprint density at radius 3 is 2.82 bits per heavy atom. The van der Waals surface area contributed by atoms with Gasteiger partial charge in [-0.3, -0.25) is 9.69 Å². The van der Waals surface area contributed by atoms with E-state index in [1.165, 1.54) is 0 Å². The van der Waals surface area contributed by atoms with Crippen molar-refractivity contribution in [3.8, 4) is 0 Å². The van der Waals surface area contributed by atoms with Gasteiger partial charge in [-0.1, -0.05) is 29.9 Å². The van der Waals surface area contributed by atoms with Crippen LogP contribution in [-0.4, -0.2) is 35.9 Å². The molecule has 6 heteroatoms. The molecule has 0 bridgehead atoms. The molecule has 17 heavy (non-hydrogen) atoms. The summed E-state index contributed by atoms with van der Waals surface area (Å²) in [6, 6.07) is 6.98. The number of benzene rings is 1. The zero-order valence-corrected chi connectivity index (χ0v) is 11.0. The highest BCUT2D eigenvalue weighted by Crippen LogP contribution is 2.14. The summed E-state index contributed by atoms with van der Waals surface area (Å²) in [5, 5.41) is 3.32. The van der Waals surface area contributed by atoms with Crippen LogP contribution in [0, 0.1) is 0 Å². The van der Waals surface area contributed by atoms with Crippen LogP contribution in [-0.2, 0) is 4.79 Å². The van der Waals surface area contributed by atoms with Gasteiger partial charge in [0.25, 0.3) is 0 Å². The Balaban J connectivity index is 2.47. The maximum Gasteiger partial charge on any atom is 0.238 e. The van der Waals surface area contributed by atoms with E-state index in [1.54, 1.807) is 36.2 Å². The molecule has 92 valence electrons. The van der Waals surface area contributed by atoms with Gasteiger partial charge in [-0.15, -0.1) is 0 Å². The Kier molecular flexibility index (Phi) is 5.34. The summed E-state index contributed by atoms with van der Waals surface area (Å²) in [4.78, 5) is 13.7. The van der Waals surface area contributed by atoms with Crippen molar-refractivity contribution in [3.05, 3.63) is 29.3 Å². The minimum atomic E-state index is -0.133. The smallest absolute Gasteiger partial charge is 0.238 e. The normalized spacial score (nSPS) is 10.3. The van der Waals surface area contributed by atoms with Crippen LogP contribution in [0.2, 0.25) is 5.02 Å². The zero-order valence-electron chi connectivity index (χ0n) is 9.44. The highest BCUT2D eigenvalue weighted by atomic mass is 35.5. The monoisotopic (exact) mass is 271 g/mol. The van der Waals surface area contributed by atoms with E-state index >= 15 is 0 Å². The molecule has 3 N–H and O–H groups in total. The first-order valence-corrected chi connectivity index (χ1v) is 5.78. The van der Waals surface area contributed by atoms with Crippen molar-refractivity contribution in [1.82, 2.24) is 4.90 Å². The molecule has 0 saturated heterocycles. The average molecular weight is 272 g/mol. The van der Waals surface area contributed by atoms with Gasteiger partial charge in [0, 0.05) is 17.3 Å². The van der Waals surface area contributed by atoms with Crippen LogP contribution in [0.25, 0.3) is 0 Å². The molecule has 0 aliphatic heterocycles. The van der Waals surface area contributed by atoms with Crippen LogP contribution in [0.15, 0.2) is 24.3 Å². The number of hydrogen-bond acceptors (Lipinski definition) is 3. The Bertz CT molecular complexity index is 425. The number of carbonyl (C=O) groups excluding carboxylic acids is 1. The van der Waals surface area contributed by atoms with Gasteiger partial charge in [0.05, 0.1) is 11.5 Å². The van der Waals surface area contributed by atoms with E-state index in [0.717, 1.165) is 0 Å². The SMILES string of the molecule is CN(CC(=O)Nc1cccc(Cl)c1)CC(N)=S. The molecule has 0 radical (unpaired) electrons. The standard InChI is InChI=1S/C11H14ClN3OS/c1-15(6-10(13)17)7-11(16)14-9-4-2-3-8(12)5-9/h2-5H,6-7H2,1H3,(H2,13,17)(H,14,16). The van der Waals surface area contributed by atoms with Crippen LogP contribution in [0.5, 0.6) is 0 Å². The number of hydrogen-bond donors (Lipinski definition) is 2. The van der Waals surface area contributed by atoms with Crippen LogP contribution in [0.3, 0.4) is 0 Å². The van der Waals surface area contributed by atoms with E-state index in [2.05, 4.69) is 5.32 Å². The van der Waals surface area contributed by atoms with E-state index in [0.29, 0.717) is 22.2 Å². The molecule has 0 aliphatic rings. The number of nitrogens with zero attached hydrogens (tertiary/aromatic N) is 1. The van der Waals surface area contributed by atoms with E-state index in [-0.39, 0.29) is 12.5 Å². The van der Waals surface area contributed by atoms with E-state index in [9.17, 15) is 4.79 Å². The fourth-order valence-corrected chi connectivity index (χ4v) is 1.74. The minimum Gasteiger partial charge on any atom is -0.392 e. The summed E-state index contributed by atoms with van der Waals surface area (Å²) in [7, 11) is 1.77. The van der Waals surface area contributed by atoms with Crippen molar-refractivity contribution in [2.24, 2.45) is 5.73 Å². The summed E-state index contributed by atoms with van der Waals surface area (Å²) in [5.74, 6) is -0.133. The molecule has 0 saturated carbocycles. The molecule has 1 aromatic carbocycles. The molecule has 4 nitrogen and oxygen atoms in total. The van der Waals surface area contributed by atoms with Gasteiger partial charge in [0.15, 0.2) is 0 Å². The lowest BCUT2D eigenvalue weighted by atomic mass is 10.3. The maximum atomic E-state index is 11.6. The van der Waals surface area contributed by atoms with Crippen LogP contribution >= 0.6 is 23.8 Å². The number of nitrogens with two attached hydrogens (primary N) is 1. The van der Waals surface area contributed by atoms with Crippen molar-refractivity contribution < 1.29 is 4.79 Å². The lowest BCUT2D eigenvalue weighted by Gasteiger charge is -2.15. The molecular weight excluding hydrogens is 258 g/mol. The molecule has 1 aromatic rings. The molecule has 0 aromatic heterocycles. The molecule has 1 rings (SSSR count). The number of nitrogens with one attached hydrogen (secondary N) is 1. The summed E-state index contributed by atoms with van der Waals surface area (Å²) >= 11 is 10.6. The molecule has 0 spiro atoms. The highest BCUT2D eigenvalue weighted by Gasteiger charge is 2.07. The highest BCUT2D eigenvalue weighted by molar-refractivity contribution is 7.80. The first-order valence-electron chi connectivity index (χ1n) is 4.99. The second-order valence-corrected chi connectivity index (χ2v) is 4.66. The number of carbonyl (C=O) groups is 1. The number of thiocarbonyl (C=S) groups is 1. The van der Waals surface area contributed by atoms with Crippen molar-refractivity contribution in [1.29, 1.82) is 0 Å². The summed E-state index contributed by atoms with van der Waals surface area (Å²) in [5.41, 5.74) is 6.05. The number of amides is 1. The molecule has 0 fully saturated rings. The number of halogens is 1. The van der Waals surface area contributed by atoms with Crippen molar-refractivity contribution in [2.45, 2.75) is 0 Å². The maximum absolute atomic E-state index is 11.6. The van der Waals surface area contributed by atoms with Gasteiger partial charge < -0.3 is 11.1 Å². The second kappa shape index (κ2) is 6.54. The first kappa shape index (κ1) is 13.9. The lowest BCUT2D eigenvalue weighted by molar-refractivity contribution is -0.116. The Labute approximate surface area is 111 Å². The van der Waals surface area contributed by atoms with Gasteiger partial charge in [-0.05, 0) is 25.2 Å². The summed E-state index contributed by atoms with van der Waals surface area (Å²) in [6.07, 6.45) is 0. The molecule has 0 atom stereocenters. The molecule has 0 aliphatic carbocycles. The average Bonchev–Trinajstić information content (AvgIpc) is 2.14. The van der Waals surface area contributed by atoms with E-state index < -0.39 is 0 Å². The summed E-state index contributed by atoms with van der Waals surface area (Å²) < 4.78 is 0. The molecule has 1 amide bonds. The van der Waals surface area contributed by atoms with Gasteiger partial charge in [-0.25, -0.2) is 0 Å². The minimum absolute atomic E-state index is 0.133.